The number of aromatic nitrogens is 1. The first-order valence-corrected chi connectivity index (χ1v) is 9.53. The maximum atomic E-state index is 6.27. The molecule has 1 aliphatic heterocycles. The molecule has 0 radical (unpaired) electrons. The molecule has 0 unspecified atom stereocenters. The average molecular weight is 392 g/mol. The van der Waals surface area contributed by atoms with Crippen LogP contribution >= 0.6 is 27.5 Å². The highest BCUT2D eigenvalue weighted by Gasteiger charge is 2.32. The van der Waals surface area contributed by atoms with Gasteiger partial charge in [0.2, 0.25) is 0 Å². The van der Waals surface area contributed by atoms with Gasteiger partial charge in [-0.15, -0.1) is 0 Å². The Morgan fingerprint density at radius 3 is 2.70 bits per heavy atom. The normalized spacial score (nSPS) is 21.4. The van der Waals surface area contributed by atoms with Crippen molar-refractivity contribution in [3.63, 3.8) is 0 Å². The maximum Gasteiger partial charge on any atom is 0.0514 e. The molecule has 0 amide bonds. The van der Waals surface area contributed by atoms with Crippen molar-refractivity contribution >= 4 is 27.5 Å². The van der Waals surface area contributed by atoms with Crippen LogP contribution in [0.5, 0.6) is 0 Å². The largest absolute Gasteiger partial charge is 0.317 e. The van der Waals surface area contributed by atoms with Crippen molar-refractivity contribution in [3.05, 3.63) is 62.3 Å². The monoisotopic (exact) mass is 390 g/mol. The van der Waals surface area contributed by atoms with E-state index in [9.17, 15) is 0 Å². The molecule has 2 aliphatic rings. The van der Waals surface area contributed by atoms with Crippen molar-refractivity contribution in [1.29, 1.82) is 0 Å². The number of nitrogens with zero attached hydrogens (tertiary/aromatic N) is 1. The van der Waals surface area contributed by atoms with Crippen molar-refractivity contribution in [2.45, 2.75) is 31.6 Å². The van der Waals surface area contributed by atoms with Gasteiger partial charge in [-0.3, -0.25) is 4.98 Å². The number of hydrogen-bond donors (Lipinski definition) is 1. The lowest BCUT2D eigenvalue weighted by molar-refractivity contribution is 0.338. The maximum absolute atomic E-state index is 6.27. The fraction of sp³-hybridized carbons (Fsp3) is 0.421. The first-order chi connectivity index (χ1) is 11.2. The van der Waals surface area contributed by atoms with Gasteiger partial charge in [0.15, 0.2) is 0 Å². The van der Waals surface area contributed by atoms with E-state index < -0.39 is 0 Å². The summed E-state index contributed by atoms with van der Waals surface area (Å²) in [7, 11) is 0. The van der Waals surface area contributed by atoms with Gasteiger partial charge in [0.25, 0.3) is 0 Å². The molecule has 2 nitrogen and oxygen atoms in total. The minimum absolute atomic E-state index is 0.398. The molecule has 0 saturated carbocycles. The van der Waals surface area contributed by atoms with E-state index in [0.29, 0.717) is 11.8 Å². The molecule has 4 rings (SSSR count). The fourth-order valence-corrected chi connectivity index (χ4v) is 4.71. The van der Waals surface area contributed by atoms with Crippen LogP contribution < -0.4 is 5.32 Å². The Hall–Kier alpha value is -0.900. The number of piperidine rings is 1. The van der Waals surface area contributed by atoms with E-state index in [1.165, 1.54) is 35.2 Å². The van der Waals surface area contributed by atoms with Crippen LogP contribution in [0.15, 0.2) is 34.9 Å². The van der Waals surface area contributed by atoms with E-state index in [0.717, 1.165) is 35.4 Å². The van der Waals surface area contributed by atoms with Crippen LogP contribution in [0.1, 0.15) is 41.1 Å². The van der Waals surface area contributed by atoms with Gasteiger partial charge in [0, 0.05) is 21.6 Å². The van der Waals surface area contributed by atoms with E-state index in [1.54, 1.807) is 0 Å². The molecule has 0 spiro atoms. The van der Waals surface area contributed by atoms with E-state index in [1.807, 2.05) is 12.3 Å². The minimum atomic E-state index is 0.398. The third-order valence-electron chi connectivity index (χ3n) is 5.22. The lowest BCUT2D eigenvalue weighted by atomic mass is 9.77. The van der Waals surface area contributed by atoms with Gasteiger partial charge in [-0.1, -0.05) is 17.7 Å². The summed E-state index contributed by atoms with van der Waals surface area (Å²) in [6.07, 6.45) is 6.46. The molecule has 120 valence electrons. The number of halogens is 2. The highest BCUT2D eigenvalue weighted by Crippen LogP contribution is 2.42. The zero-order valence-corrected chi connectivity index (χ0v) is 15.3. The zero-order chi connectivity index (χ0) is 15.8. The SMILES string of the molecule is Clc1ccc2c(c1)CCc1cc(Br)cnc1[C@H]2C1CCNCC1. The van der Waals surface area contributed by atoms with Crippen molar-refractivity contribution in [3.8, 4) is 0 Å². The van der Waals surface area contributed by atoms with Gasteiger partial charge < -0.3 is 5.32 Å². The van der Waals surface area contributed by atoms with Crippen LogP contribution in [-0.2, 0) is 12.8 Å². The topological polar surface area (TPSA) is 24.9 Å². The lowest BCUT2D eigenvalue weighted by Gasteiger charge is -2.32. The average Bonchev–Trinajstić information content (AvgIpc) is 2.72. The number of aryl methyl sites for hydroxylation is 2. The Morgan fingerprint density at radius 1 is 1.09 bits per heavy atom. The van der Waals surface area contributed by atoms with Crippen LogP contribution in [0, 0.1) is 5.92 Å². The second-order valence-corrected chi connectivity index (χ2v) is 7.96. The molecular weight excluding hydrogens is 372 g/mol. The summed E-state index contributed by atoms with van der Waals surface area (Å²) in [4.78, 5) is 4.86. The molecule has 1 aromatic heterocycles. The summed E-state index contributed by atoms with van der Waals surface area (Å²) >= 11 is 9.85. The fourth-order valence-electron chi connectivity index (χ4n) is 4.14. The molecule has 1 N–H and O–H groups in total. The smallest absolute Gasteiger partial charge is 0.0514 e. The van der Waals surface area contributed by atoms with E-state index in [-0.39, 0.29) is 0 Å². The minimum Gasteiger partial charge on any atom is -0.317 e. The Morgan fingerprint density at radius 2 is 1.87 bits per heavy atom. The third kappa shape index (κ3) is 3.07. The summed E-state index contributed by atoms with van der Waals surface area (Å²) in [5.41, 5.74) is 5.50. The molecule has 2 heterocycles. The van der Waals surface area contributed by atoms with E-state index in [4.69, 9.17) is 16.6 Å². The van der Waals surface area contributed by atoms with Gasteiger partial charge in [-0.2, -0.15) is 0 Å². The van der Waals surface area contributed by atoms with Crippen LogP contribution in [0.2, 0.25) is 5.02 Å². The Kier molecular flexibility index (Phi) is 4.44. The number of fused-ring (bicyclic) bond motifs is 2. The van der Waals surface area contributed by atoms with Crippen LogP contribution in [0.3, 0.4) is 0 Å². The van der Waals surface area contributed by atoms with Crippen molar-refractivity contribution in [2.24, 2.45) is 5.92 Å². The highest BCUT2D eigenvalue weighted by molar-refractivity contribution is 9.10. The number of hydrogen-bond acceptors (Lipinski definition) is 2. The number of rotatable bonds is 1. The van der Waals surface area contributed by atoms with Gasteiger partial charge >= 0.3 is 0 Å². The second kappa shape index (κ2) is 6.54. The summed E-state index contributed by atoms with van der Waals surface area (Å²) in [6.45, 7) is 2.21. The van der Waals surface area contributed by atoms with E-state index in [2.05, 4.69) is 39.4 Å². The molecular formula is C19H20BrClN2. The number of pyridine rings is 1. The first kappa shape index (κ1) is 15.6. The molecule has 1 aliphatic carbocycles. The number of nitrogens with one attached hydrogen (secondary N) is 1. The summed E-state index contributed by atoms with van der Waals surface area (Å²) in [5.74, 6) is 1.05. The zero-order valence-electron chi connectivity index (χ0n) is 13.0. The molecule has 1 aromatic carbocycles. The standard InChI is InChI=1S/C19H20BrClN2/c20-15-9-14-2-1-13-10-16(21)3-4-17(13)18(19(14)23-11-15)12-5-7-22-8-6-12/h3-4,9-12,18,22H,1-2,5-8H2/t18-/m0/s1. The van der Waals surface area contributed by atoms with Crippen molar-refractivity contribution in [2.75, 3.05) is 13.1 Å². The molecule has 1 saturated heterocycles. The molecule has 2 aromatic rings. The molecule has 1 fully saturated rings. The van der Waals surface area contributed by atoms with E-state index >= 15 is 0 Å². The van der Waals surface area contributed by atoms with Crippen LogP contribution in [0.4, 0.5) is 0 Å². The summed E-state index contributed by atoms with van der Waals surface area (Å²) in [5, 5.41) is 4.33. The lowest BCUT2D eigenvalue weighted by Crippen LogP contribution is -2.31. The van der Waals surface area contributed by atoms with Gasteiger partial charge in [-0.25, -0.2) is 0 Å². The van der Waals surface area contributed by atoms with Gasteiger partial charge in [0.05, 0.1) is 5.69 Å². The highest BCUT2D eigenvalue weighted by atomic mass is 79.9. The summed E-state index contributed by atoms with van der Waals surface area (Å²) in [6, 6.07) is 8.69. The van der Waals surface area contributed by atoms with Crippen LogP contribution in [0.25, 0.3) is 0 Å². The van der Waals surface area contributed by atoms with Gasteiger partial charge in [-0.05, 0) is 95.5 Å². The predicted molar refractivity (Wildman–Crippen MR) is 98.2 cm³/mol. The Bertz CT molecular complexity index is 672. The second-order valence-electron chi connectivity index (χ2n) is 6.61. The van der Waals surface area contributed by atoms with Gasteiger partial charge in [0.1, 0.15) is 0 Å². The Labute approximate surface area is 150 Å². The Balaban J connectivity index is 1.86. The molecule has 4 heteroatoms. The number of benzene rings is 1. The van der Waals surface area contributed by atoms with Crippen molar-refractivity contribution < 1.29 is 0 Å². The summed E-state index contributed by atoms with van der Waals surface area (Å²) < 4.78 is 1.07. The predicted octanol–water partition coefficient (Wildman–Crippen LogP) is 4.73. The third-order valence-corrected chi connectivity index (χ3v) is 5.89. The van der Waals surface area contributed by atoms with Crippen LogP contribution in [-0.4, -0.2) is 18.1 Å². The molecule has 0 bridgehead atoms. The first-order valence-electron chi connectivity index (χ1n) is 8.36. The molecule has 1 atom stereocenters. The molecule has 23 heavy (non-hydrogen) atoms. The quantitative estimate of drug-likeness (QED) is 0.760. The van der Waals surface area contributed by atoms with Crippen molar-refractivity contribution in [1.82, 2.24) is 10.3 Å².